The Bertz CT molecular complexity index is 1700. The molecule has 0 bridgehead atoms. The van der Waals surface area contributed by atoms with E-state index in [2.05, 4.69) is 19.7 Å². The van der Waals surface area contributed by atoms with Crippen molar-refractivity contribution < 1.29 is 21.6 Å². The van der Waals surface area contributed by atoms with E-state index in [1.165, 1.54) is 48.7 Å². The van der Waals surface area contributed by atoms with Crippen LogP contribution in [0.5, 0.6) is 0 Å². The lowest BCUT2D eigenvalue weighted by Gasteiger charge is -2.14. The standard InChI is InChI=1S/C27H26N4O5S2/c1-18-7-14-24(20(3)16-18)30-38(35,36)25-17-21(9-8-19(25)2)27(32)29-22-10-12-23(13-11-22)37(33,34)31-26-6-4-5-15-28-26/h4-17,30H,1-3H3,(H,28,31)(H,29,32). The number of nitrogens with one attached hydrogen (secondary N) is 3. The van der Waals surface area contributed by atoms with Gasteiger partial charge in [-0.05, 0) is 86.5 Å². The summed E-state index contributed by atoms with van der Waals surface area (Å²) in [5.74, 6) is -0.364. The number of aromatic nitrogens is 1. The van der Waals surface area contributed by atoms with Crippen molar-refractivity contribution in [2.75, 3.05) is 14.8 Å². The Morgan fingerprint density at radius 3 is 2.13 bits per heavy atom. The lowest BCUT2D eigenvalue weighted by atomic mass is 10.1. The Hall–Kier alpha value is -4.22. The average Bonchev–Trinajstić information content (AvgIpc) is 2.86. The second kappa shape index (κ2) is 10.6. The van der Waals surface area contributed by atoms with Crippen LogP contribution in [-0.2, 0) is 20.0 Å². The summed E-state index contributed by atoms with van der Waals surface area (Å²) < 4.78 is 56.4. The second-order valence-corrected chi connectivity index (χ2v) is 12.0. The highest BCUT2D eigenvalue weighted by Gasteiger charge is 2.21. The molecule has 0 aliphatic heterocycles. The number of hydrogen-bond donors (Lipinski definition) is 3. The van der Waals surface area contributed by atoms with Crippen LogP contribution in [0.15, 0.2) is 94.9 Å². The van der Waals surface area contributed by atoms with Gasteiger partial charge in [-0.2, -0.15) is 0 Å². The summed E-state index contributed by atoms with van der Waals surface area (Å²) >= 11 is 0. The zero-order valence-corrected chi connectivity index (χ0v) is 22.5. The molecule has 11 heteroatoms. The van der Waals surface area contributed by atoms with Crippen LogP contribution in [0.4, 0.5) is 17.2 Å². The van der Waals surface area contributed by atoms with Crippen molar-refractivity contribution in [3.05, 3.63) is 107 Å². The molecule has 0 saturated heterocycles. The fourth-order valence-corrected chi connectivity index (χ4v) is 6.11. The van der Waals surface area contributed by atoms with Gasteiger partial charge in [0.05, 0.1) is 15.5 Å². The molecular formula is C27H26N4O5S2. The molecule has 0 atom stereocenters. The van der Waals surface area contributed by atoms with E-state index in [9.17, 15) is 21.6 Å². The van der Waals surface area contributed by atoms with Crippen LogP contribution in [0.3, 0.4) is 0 Å². The Balaban J connectivity index is 1.51. The molecule has 3 aromatic carbocycles. The number of anilines is 3. The van der Waals surface area contributed by atoms with Crippen molar-refractivity contribution in [1.82, 2.24) is 4.98 Å². The first kappa shape index (κ1) is 26.8. The van der Waals surface area contributed by atoms with Gasteiger partial charge in [-0.3, -0.25) is 14.2 Å². The number of sulfonamides is 2. The van der Waals surface area contributed by atoms with Gasteiger partial charge in [0.15, 0.2) is 0 Å². The molecule has 0 saturated carbocycles. The van der Waals surface area contributed by atoms with Gasteiger partial charge in [-0.15, -0.1) is 0 Å². The summed E-state index contributed by atoms with van der Waals surface area (Å²) in [5.41, 5.74) is 3.19. The van der Waals surface area contributed by atoms with E-state index in [4.69, 9.17) is 0 Å². The van der Waals surface area contributed by atoms with E-state index >= 15 is 0 Å². The minimum absolute atomic E-state index is 0.0117. The predicted molar refractivity (Wildman–Crippen MR) is 147 cm³/mol. The number of rotatable bonds is 8. The minimum Gasteiger partial charge on any atom is -0.322 e. The Labute approximate surface area is 222 Å². The monoisotopic (exact) mass is 550 g/mol. The quantitative estimate of drug-likeness (QED) is 0.287. The largest absolute Gasteiger partial charge is 0.322 e. The van der Waals surface area contributed by atoms with Gasteiger partial charge in [0.2, 0.25) is 0 Å². The van der Waals surface area contributed by atoms with Gasteiger partial charge < -0.3 is 5.32 Å². The van der Waals surface area contributed by atoms with Crippen molar-refractivity contribution in [2.24, 2.45) is 0 Å². The zero-order chi connectivity index (χ0) is 27.5. The third kappa shape index (κ3) is 6.18. The van der Waals surface area contributed by atoms with Crippen LogP contribution >= 0.6 is 0 Å². The molecule has 0 radical (unpaired) electrons. The molecule has 1 heterocycles. The number of carbonyl (C=O) groups excluding carboxylic acids is 1. The Kier molecular flexibility index (Phi) is 7.51. The van der Waals surface area contributed by atoms with E-state index in [0.29, 0.717) is 16.9 Å². The molecule has 0 aliphatic rings. The van der Waals surface area contributed by atoms with Gasteiger partial charge in [0, 0.05) is 17.4 Å². The van der Waals surface area contributed by atoms with Crippen molar-refractivity contribution in [2.45, 2.75) is 30.6 Å². The van der Waals surface area contributed by atoms with Crippen LogP contribution in [0.25, 0.3) is 0 Å². The highest BCUT2D eigenvalue weighted by molar-refractivity contribution is 7.93. The molecule has 0 spiro atoms. The third-order valence-corrected chi connectivity index (χ3v) is 8.57. The van der Waals surface area contributed by atoms with Gasteiger partial charge in [-0.25, -0.2) is 21.8 Å². The van der Waals surface area contributed by atoms with Crippen molar-refractivity contribution in [1.29, 1.82) is 0 Å². The van der Waals surface area contributed by atoms with E-state index < -0.39 is 26.0 Å². The third-order valence-electron chi connectivity index (χ3n) is 5.69. The normalized spacial score (nSPS) is 11.6. The molecular weight excluding hydrogens is 524 g/mol. The first-order chi connectivity index (χ1) is 17.9. The number of hydrogen-bond acceptors (Lipinski definition) is 6. The summed E-state index contributed by atoms with van der Waals surface area (Å²) in [7, 11) is -7.83. The summed E-state index contributed by atoms with van der Waals surface area (Å²) in [6, 6.07) is 20.2. The smallest absolute Gasteiger partial charge is 0.263 e. The predicted octanol–water partition coefficient (Wildman–Crippen LogP) is 4.86. The summed E-state index contributed by atoms with van der Waals surface area (Å²) in [6.07, 6.45) is 1.47. The van der Waals surface area contributed by atoms with E-state index in [-0.39, 0.29) is 21.2 Å². The summed E-state index contributed by atoms with van der Waals surface area (Å²) in [4.78, 5) is 16.8. The molecule has 0 unspecified atom stereocenters. The molecule has 196 valence electrons. The van der Waals surface area contributed by atoms with Crippen molar-refractivity contribution in [3.63, 3.8) is 0 Å². The van der Waals surface area contributed by atoms with Crippen molar-refractivity contribution >= 4 is 43.1 Å². The van der Waals surface area contributed by atoms with Crippen LogP contribution in [0, 0.1) is 20.8 Å². The van der Waals surface area contributed by atoms with E-state index in [0.717, 1.165) is 11.1 Å². The van der Waals surface area contributed by atoms with E-state index in [1.807, 2.05) is 26.0 Å². The van der Waals surface area contributed by atoms with Crippen LogP contribution in [-0.4, -0.2) is 27.7 Å². The molecule has 0 fully saturated rings. The second-order valence-electron chi connectivity index (χ2n) is 8.70. The van der Waals surface area contributed by atoms with Crippen LogP contribution < -0.4 is 14.8 Å². The van der Waals surface area contributed by atoms with Gasteiger partial charge in [0.1, 0.15) is 5.82 Å². The number of benzene rings is 3. The first-order valence-electron chi connectivity index (χ1n) is 11.5. The average molecular weight is 551 g/mol. The molecule has 0 aliphatic carbocycles. The van der Waals surface area contributed by atoms with Crippen LogP contribution in [0.2, 0.25) is 0 Å². The number of carbonyl (C=O) groups is 1. The van der Waals surface area contributed by atoms with Gasteiger partial charge in [-0.1, -0.05) is 29.8 Å². The number of pyridine rings is 1. The SMILES string of the molecule is Cc1ccc(NS(=O)(=O)c2cc(C(=O)Nc3ccc(S(=O)(=O)Nc4ccccn4)cc3)ccc2C)c(C)c1. The molecule has 4 aromatic rings. The molecule has 38 heavy (non-hydrogen) atoms. The highest BCUT2D eigenvalue weighted by Crippen LogP contribution is 2.24. The maximum Gasteiger partial charge on any atom is 0.263 e. The molecule has 1 aromatic heterocycles. The minimum atomic E-state index is -3.96. The maximum atomic E-state index is 13.1. The zero-order valence-electron chi connectivity index (χ0n) is 20.9. The summed E-state index contributed by atoms with van der Waals surface area (Å²) in [5, 5.41) is 2.67. The fraction of sp³-hybridized carbons (Fsp3) is 0.111. The van der Waals surface area contributed by atoms with Crippen LogP contribution in [0.1, 0.15) is 27.0 Å². The van der Waals surface area contributed by atoms with Gasteiger partial charge in [0.25, 0.3) is 26.0 Å². The summed E-state index contributed by atoms with van der Waals surface area (Å²) in [6.45, 7) is 5.38. The van der Waals surface area contributed by atoms with E-state index in [1.54, 1.807) is 31.2 Å². The lowest BCUT2D eigenvalue weighted by molar-refractivity contribution is 0.102. The topological polar surface area (TPSA) is 134 Å². The number of nitrogens with zero attached hydrogens (tertiary/aromatic N) is 1. The van der Waals surface area contributed by atoms with Crippen molar-refractivity contribution in [3.8, 4) is 0 Å². The number of aryl methyl sites for hydroxylation is 3. The lowest BCUT2D eigenvalue weighted by Crippen LogP contribution is -2.18. The molecule has 3 N–H and O–H groups in total. The number of amides is 1. The van der Waals surface area contributed by atoms with Gasteiger partial charge >= 0.3 is 0 Å². The molecule has 1 amide bonds. The Morgan fingerprint density at radius 1 is 0.737 bits per heavy atom. The Morgan fingerprint density at radius 2 is 1.47 bits per heavy atom. The first-order valence-corrected chi connectivity index (χ1v) is 14.5. The fourth-order valence-electron chi connectivity index (χ4n) is 3.70. The highest BCUT2D eigenvalue weighted by atomic mass is 32.2. The molecule has 4 rings (SSSR count). The maximum absolute atomic E-state index is 13.1. The molecule has 9 nitrogen and oxygen atoms in total.